The van der Waals surface area contributed by atoms with Gasteiger partial charge in [0.1, 0.15) is 5.75 Å². The van der Waals surface area contributed by atoms with Gasteiger partial charge in [-0.05, 0) is 37.4 Å². The van der Waals surface area contributed by atoms with Crippen LogP contribution >= 0.6 is 0 Å². The van der Waals surface area contributed by atoms with Crippen molar-refractivity contribution in [1.29, 1.82) is 0 Å². The molecule has 0 amide bonds. The van der Waals surface area contributed by atoms with Gasteiger partial charge in [-0.2, -0.15) is 0 Å². The Hall–Kier alpha value is -1.55. The van der Waals surface area contributed by atoms with Gasteiger partial charge in [-0.25, -0.2) is 0 Å². The first-order valence-corrected chi connectivity index (χ1v) is 5.94. The second kappa shape index (κ2) is 6.91. The average Bonchev–Trinajstić information content (AvgIpc) is 2.33. The molecular formula is C13H20N2O2. The number of esters is 1. The molecule has 0 saturated carbocycles. The van der Waals surface area contributed by atoms with E-state index < -0.39 is 0 Å². The highest BCUT2D eigenvalue weighted by molar-refractivity contribution is 5.72. The van der Waals surface area contributed by atoms with Gasteiger partial charge < -0.3 is 15.4 Å². The fourth-order valence-electron chi connectivity index (χ4n) is 1.51. The molecule has 0 heterocycles. The molecule has 0 saturated heterocycles. The smallest absolute Gasteiger partial charge is 0.312 e. The molecule has 0 spiro atoms. The second-order valence-corrected chi connectivity index (χ2v) is 3.82. The highest BCUT2D eigenvalue weighted by atomic mass is 16.5. The minimum absolute atomic E-state index is 0.207. The summed E-state index contributed by atoms with van der Waals surface area (Å²) in [5.41, 5.74) is 6.20. The predicted molar refractivity (Wildman–Crippen MR) is 68.9 cm³/mol. The summed E-state index contributed by atoms with van der Waals surface area (Å²) in [6.07, 6.45) is 0.409. The fraction of sp³-hybridized carbons (Fsp3) is 0.462. The molecule has 1 rings (SSSR count). The van der Waals surface area contributed by atoms with Crippen molar-refractivity contribution in [2.45, 2.75) is 20.3 Å². The van der Waals surface area contributed by atoms with Crippen LogP contribution in [0, 0.1) is 0 Å². The molecule has 4 nitrogen and oxygen atoms in total. The van der Waals surface area contributed by atoms with Gasteiger partial charge in [-0.3, -0.25) is 4.79 Å². The van der Waals surface area contributed by atoms with Crippen LogP contribution in [0.5, 0.6) is 5.75 Å². The highest BCUT2D eigenvalue weighted by Crippen LogP contribution is 2.13. The third-order valence-corrected chi connectivity index (χ3v) is 2.64. The summed E-state index contributed by atoms with van der Waals surface area (Å²) in [6, 6.07) is 6.83. The Morgan fingerprint density at radius 2 is 1.82 bits per heavy atom. The number of nitrogens with two attached hydrogens (primary N) is 1. The molecule has 0 aliphatic heterocycles. The Morgan fingerprint density at radius 1 is 1.24 bits per heavy atom. The summed E-state index contributed by atoms with van der Waals surface area (Å²) in [5, 5.41) is 0. The molecule has 94 valence electrons. The van der Waals surface area contributed by atoms with Gasteiger partial charge in [0.15, 0.2) is 0 Å². The standard InChI is InChI=1S/C13H20N2O2/c1-3-15(4-2)10-9-13(16)17-12-7-5-11(14)6-8-12/h5-8H,3-4,9-10,14H2,1-2H3. The number of nitrogens with zero attached hydrogens (tertiary/aromatic N) is 1. The molecule has 17 heavy (non-hydrogen) atoms. The summed E-state index contributed by atoms with van der Waals surface area (Å²) in [5.74, 6) is 0.338. The molecule has 0 atom stereocenters. The van der Waals surface area contributed by atoms with Crippen molar-refractivity contribution in [3.8, 4) is 5.75 Å². The first kappa shape index (κ1) is 13.5. The molecule has 0 fully saturated rings. The lowest BCUT2D eigenvalue weighted by Crippen LogP contribution is -2.26. The number of carbonyl (C=O) groups excluding carboxylic acids is 1. The monoisotopic (exact) mass is 236 g/mol. The normalized spacial score (nSPS) is 10.5. The van der Waals surface area contributed by atoms with E-state index in [9.17, 15) is 4.79 Å². The molecule has 1 aromatic rings. The van der Waals surface area contributed by atoms with Gasteiger partial charge in [0.2, 0.25) is 0 Å². The number of carbonyl (C=O) groups is 1. The largest absolute Gasteiger partial charge is 0.426 e. The summed E-state index contributed by atoms with van der Waals surface area (Å²) < 4.78 is 5.19. The Labute approximate surface area is 102 Å². The molecule has 0 aliphatic rings. The topological polar surface area (TPSA) is 55.6 Å². The van der Waals surface area contributed by atoms with E-state index in [1.165, 1.54) is 0 Å². The van der Waals surface area contributed by atoms with Crippen molar-refractivity contribution in [2.75, 3.05) is 25.4 Å². The minimum atomic E-state index is -0.207. The van der Waals surface area contributed by atoms with E-state index in [-0.39, 0.29) is 5.97 Å². The van der Waals surface area contributed by atoms with Crippen LogP contribution < -0.4 is 10.5 Å². The molecule has 4 heteroatoms. The molecule has 0 unspecified atom stereocenters. The van der Waals surface area contributed by atoms with Crippen LogP contribution in [-0.2, 0) is 4.79 Å². The Bertz CT molecular complexity index is 345. The number of rotatable bonds is 6. The van der Waals surface area contributed by atoms with Crippen molar-refractivity contribution in [2.24, 2.45) is 0 Å². The van der Waals surface area contributed by atoms with Gasteiger partial charge >= 0.3 is 5.97 Å². The fourth-order valence-corrected chi connectivity index (χ4v) is 1.51. The van der Waals surface area contributed by atoms with Gasteiger partial charge in [0.05, 0.1) is 6.42 Å². The number of ether oxygens (including phenoxy) is 1. The molecule has 0 bridgehead atoms. The Morgan fingerprint density at radius 3 is 2.35 bits per heavy atom. The maximum Gasteiger partial charge on any atom is 0.312 e. The lowest BCUT2D eigenvalue weighted by atomic mass is 10.3. The highest BCUT2D eigenvalue weighted by Gasteiger charge is 2.07. The number of hydrogen-bond donors (Lipinski definition) is 1. The third kappa shape index (κ3) is 4.87. The van der Waals surface area contributed by atoms with Crippen molar-refractivity contribution in [1.82, 2.24) is 4.90 Å². The SMILES string of the molecule is CCN(CC)CCC(=O)Oc1ccc(N)cc1. The van der Waals surface area contributed by atoms with Gasteiger partial charge in [0.25, 0.3) is 0 Å². The van der Waals surface area contributed by atoms with Crippen LogP contribution in [-0.4, -0.2) is 30.5 Å². The van der Waals surface area contributed by atoms with E-state index >= 15 is 0 Å². The molecular weight excluding hydrogens is 216 g/mol. The number of hydrogen-bond acceptors (Lipinski definition) is 4. The van der Waals surface area contributed by atoms with E-state index in [1.54, 1.807) is 24.3 Å². The Kier molecular flexibility index (Phi) is 5.49. The lowest BCUT2D eigenvalue weighted by molar-refractivity contribution is -0.134. The summed E-state index contributed by atoms with van der Waals surface area (Å²) in [4.78, 5) is 13.7. The van der Waals surface area contributed by atoms with Crippen LogP contribution in [0.15, 0.2) is 24.3 Å². The third-order valence-electron chi connectivity index (χ3n) is 2.64. The van der Waals surface area contributed by atoms with Crippen LogP contribution in [0.2, 0.25) is 0 Å². The molecule has 0 aromatic heterocycles. The Balaban J connectivity index is 2.37. The number of nitrogen functional groups attached to an aromatic ring is 1. The van der Waals surface area contributed by atoms with Crippen molar-refractivity contribution >= 4 is 11.7 Å². The van der Waals surface area contributed by atoms with Crippen molar-refractivity contribution < 1.29 is 9.53 Å². The zero-order chi connectivity index (χ0) is 12.7. The van der Waals surface area contributed by atoms with Gasteiger partial charge in [-0.15, -0.1) is 0 Å². The van der Waals surface area contributed by atoms with Crippen molar-refractivity contribution in [3.05, 3.63) is 24.3 Å². The zero-order valence-corrected chi connectivity index (χ0v) is 10.5. The van der Waals surface area contributed by atoms with Crippen LogP contribution in [0.25, 0.3) is 0 Å². The minimum Gasteiger partial charge on any atom is -0.426 e. The lowest BCUT2D eigenvalue weighted by Gasteiger charge is -2.16. The summed E-state index contributed by atoms with van der Waals surface area (Å²) in [6.45, 7) is 6.79. The summed E-state index contributed by atoms with van der Waals surface area (Å²) in [7, 11) is 0. The first-order chi connectivity index (χ1) is 8.15. The van der Waals surface area contributed by atoms with Crippen LogP contribution in [0.3, 0.4) is 0 Å². The van der Waals surface area contributed by atoms with E-state index in [0.29, 0.717) is 17.9 Å². The quantitative estimate of drug-likeness (QED) is 0.465. The average molecular weight is 236 g/mol. The summed E-state index contributed by atoms with van der Waals surface area (Å²) >= 11 is 0. The zero-order valence-electron chi connectivity index (χ0n) is 10.5. The van der Waals surface area contributed by atoms with Gasteiger partial charge in [0, 0.05) is 12.2 Å². The number of anilines is 1. The van der Waals surface area contributed by atoms with E-state index in [4.69, 9.17) is 10.5 Å². The van der Waals surface area contributed by atoms with E-state index in [2.05, 4.69) is 18.7 Å². The van der Waals surface area contributed by atoms with E-state index in [0.717, 1.165) is 19.6 Å². The molecule has 0 aliphatic carbocycles. The van der Waals surface area contributed by atoms with Crippen LogP contribution in [0.4, 0.5) is 5.69 Å². The first-order valence-electron chi connectivity index (χ1n) is 5.94. The number of benzene rings is 1. The maximum absolute atomic E-state index is 11.6. The molecule has 1 aromatic carbocycles. The maximum atomic E-state index is 11.6. The predicted octanol–water partition coefficient (Wildman–Crippen LogP) is 1.91. The van der Waals surface area contributed by atoms with Crippen molar-refractivity contribution in [3.63, 3.8) is 0 Å². The second-order valence-electron chi connectivity index (χ2n) is 3.82. The van der Waals surface area contributed by atoms with Crippen LogP contribution in [0.1, 0.15) is 20.3 Å². The van der Waals surface area contributed by atoms with Gasteiger partial charge in [-0.1, -0.05) is 13.8 Å². The molecule has 2 N–H and O–H groups in total. The molecule has 0 radical (unpaired) electrons. The van der Waals surface area contributed by atoms with E-state index in [1.807, 2.05) is 0 Å².